The van der Waals surface area contributed by atoms with Crippen LogP contribution in [0.5, 0.6) is 0 Å². The first-order valence-electron chi connectivity index (χ1n) is 8.53. The first-order chi connectivity index (χ1) is 12.6. The van der Waals surface area contributed by atoms with Crippen LogP contribution in [0.25, 0.3) is 22.2 Å². The van der Waals surface area contributed by atoms with E-state index in [1.807, 2.05) is 30.3 Å². The average molecular weight is 347 g/mol. The molecule has 4 rings (SSSR count). The Labute approximate surface area is 150 Å². The molecule has 6 heteroatoms. The Bertz CT molecular complexity index is 993. The lowest BCUT2D eigenvalue weighted by Gasteiger charge is -2.28. The number of nitrogens with zero attached hydrogens (tertiary/aromatic N) is 3. The summed E-state index contributed by atoms with van der Waals surface area (Å²) >= 11 is 0. The fourth-order valence-corrected chi connectivity index (χ4v) is 3.35. The van der Waals surface area contributed by atoms with Gasteiger partial charge in [0, 0.05) is 19.0 Å². The molecule has 3 aromatic rings. The van der Waals surface area contributed by atoms with Gasteiger partial charge in [0.2, 0.25) is 0 Å². The Kier molecular flexibility index (Phi) is 4.05. The van der Waals surface area contributed by atoms with Gasteiger partial charge in [-0.05, 0) is 48.2 Å². The average Bonchev–Trinajstić information content (AvgIpc) is 3.11. The maximum atomic E-state index is 11.0. The molecule has 0 unspecified atom stereocenters. The van der Waals surface area contributed by atoms with Crippen molar-refractivity contribution in [3.8, 4) is 17.2 Å². The van der Waals surface area contributed by atoms with Gasteiger partial charge in [-0.25, -0.2) is 9.78 Å². The molecule has 0 saturated carbocycles. The molecule has 1 saturated heterocycles. The number of fused-ring (bicyclic) bond motifs is 1. The highest BCUT2D eigenvalue weighted by molar-refractivity contribution is 5.80. The zero-order valence-corrected chi connectivity index (χ0v) is 14.1. The highest BCUT2D eigenvalue weighted by atomic mass is 16.4. The molecule has 0 aliphatic carbocycles. The number of carbonyl (C=O) groups is 1. The maximum Gasteiger partial charge on any atom is 0.407 e. The number of hydrogen-bond donors (Lipinski definition) is 1. The Balaban J connectivity index is 1.58. The minimum Gasteiger partial charge on any atom is -0.465 e. The summed E-state index contributed by atoms with van der Waals surface area (Å²) in [6.07, 6.45) is 0.580. The van der Waals surface area contributed by atoms with Crippen LogP contribution >= 0.6 is 0 Å². The molecule has 1 aliphatic heterocycles. The van der Waals surface area contributed by atoms with Crippen molar-refractivity contribution in [1.82, 2.24) is 9.88 Å². The summed E-state index contributed by atoms with van der Waals surface area (Å²) in [5, 5.41) is 18.0. The van der Waals surface area contributed by atoms with Gasteiger partial charge in [-0.1, -0.05) is 18.2 Å². The smallest absolute Gasteiger partial charge is 0.407 e. The van der Waals surface area contributed by atoms with E-state index < -0.39 is 6.09 Å². The predicted octanol–water partition coefficient (Wildman–Crippen LogP) is 4.22. The number of likely N-dealkylation sites (tertiary alicyclic amines) is 1. The number of hydrogen-bond acceptors (Lipinski definition) is 4. The maximum absolute atomic E-state index is 11.0. The number of benzene rings is 2. The van der Waals surface area contributed by atoms with Crippen molar-refractivity contribution >= 4 is 17.2 Å². The summed E-state index contributed by atoms with van der Waals surface area (Å²) in [5.41, 5.74) is 4.19. The van der Waals surface area contributed by atoms with Crippen molar-refractivity contribution in [2.45, 2.75) is 18.8 Å². The van der Waals surface area contributed by atoms with E-state index in [2.05, 4.69) is 11.1 Å². The third-order valence-electron chi connectivity index (χ3n) is 4.87. The Morgan fingerprint density at radius 1 is 1.15 bits per heavy atom. The molecule has 0 radical (unpaired) electrons. The highest BCUT2D eigenvalue weighted by Crippen LogP contribution is 2.31. The summed E-state index contributed by atoms with van der Waals surface area (Å²) in [6, 6.07) is 15.4. The van der Waals surface area contributed by atoms with Gasteiger partial charge in [0.05, 0.1) is 11.6 Å². The minimum absolute atomic E-state index is 0.149. The number of carboxylic acid groups (broad SMARTS) is 1. The van der Waals surface area contributed by atoms with E-state index in [0.717, 1.165) is 35.1 Å². The zero-order valence-electron chi connectivity index (χ0n) is 14.1. The van der Waals surface area contributed by atoms with Gasteiger partial charge in [-0.15, -0.1) is 0 Å². The van der Waals surface area contributed by atoms with Gasteiger partial charge in [0.1, 0.15) is 5.52 Å². The molecule has 1 aromatic heterocycles. The number of piperidine rings is 1. The van der Waals surface area contributed by atoms with Crippen LogP contribution in [0, 0.1) is 11.3 Å². The van der Waals surface area contributed by atoms with E-state index in [1.54, 1.807) is 12.1 Å². The zero-order chi connectivity index (χ0) is 18.1. The fourth-order valence-electron chi connectivity index (χ4n) is 3.35. The second-order valence-electron chi connectivity index (χ2n) is 6.47. The van der Waals surface area contributed by atoms with Crippen LogP contribution in [0.2, 0.25) is 0 Å². The van der Waals surface area contributed by atoms with Crippen LogP contribution in [0.4, 0.5) is 4.79 Å². The second kappa shape index (κ2) is 6.52. The van der Waals surface area contributed by atoms with Gasteiger partial charge >= 0.3 is 6.09 Å². The van der Waals surface area contributed by atoms with E-state index in [1.165, 1.54) is 4.90 Å². The normalized spacial score (nSPS) is 15.1. The molecule has 26 heavy (non-hydrogen) atoms. The molecule has 0 atom stereocenters. The monoisotopic (exact) mass is 347 g/mol. The number of amides is 1. The van der Waals surface area contributed by atoms with Crippen LogP contribution in [-0.2, 0) is 0 Å². The molecule has 2 heterocycles. The SMILES string of the molecule is N#Cc1ccc(-c2ccc3oc(C4CCN(C(=O)O)CC4)nc3c2)cc1. The lowest BCUT2D eigenvalue weighted by molar-refractivity contribution is 0.129. The van der Waals surface area contributed by atoms with E-state index in [4.69, 9.17) is 14.8 Å². The van der Waals surface area contributed by atoms with Gasteiger partial charge in [-0.2, -0.15) is 5.26 Å². The van der Waals surface area contributed by atoms with Crippen LogP contribution in [0.1, 0.15) is 30.2 Å². The number of rotatable bonds is 2. The van der Waals surface area contributed by atoms with Crippen molar-refractivity contribution in [2.24, 2.45) is 0 Å². The third-order valence-corrected chi connectivity index (χ3v) is 4.87. The lowest BCUT2D eigenvalue weighted by atomic mass is 9.97. The molecule has 1 N–H and O–H groups in total. The van der Waals surface area contributed by atoms with Crippen LogP contribution in [0.15, 0.2) is 46.9 Å². The topological polar surface area (TPSA) is 90.4 Å². The Morgan fingerprint density at radius 2 is 1.85 bits per heavy atom. The van der Waals surface area contributed by atoms with Crippen molar-refractivity contribution < 1.29 is 14.3 Å². The molecule has 6 nitrogen and oxygen atoms in total. The molecule has 2 aromatic carbocycles. The summed E-state index contributed by atoms with van der Waals surface area (Å²) < 4.78 is 5.91. The second-order valence-corrected chi connectivity index (χ2v) is 6.47. The number of oxazole rings is 1. The van der Waals surface area contributed by atoms with Crippen LogP contribution in [-0.4, -0.2) is 34.2 Å². The summed E-state index contributed by atoms with van der Waals surface area (Å²) in [4.78, 5) is 17.1. The molecule has 0 bridgehead atoms. The molecule has 1 fully saturated rings. The predicted molar refractivity (Wildman–Crippen MR) is 95.7 cm³/mol. The molecule has 1 aliphatic rings. The van der Waals surface area contributed by atoms with E-state index in [9.17, 15) is 4.79 Å². The standard InChI is InChI=1S/C20H17N3O3/c21-12-13-1-3-14(4-2-13)16-5-6-18-17(11-16)22-19(26-18)15-7-9-23(10-8-15)20(24)25/h1-6,11,15H,7-10H2,(H,24,25). The molecular weight excluding hydrogens is 330 g/mol. The largest absolute Gasteiger partial charge is 0.465 e. The first-order valence-corrected chi connectivity index (χ1v) is 8.53. The van der Waals surface area contributed by atoms with E-state index >= 15 is 0 Å². The van der Waals surface area contributed by atoms with Crippen molar-refractivity contribution in [1.29, 1.82) is 5.26 Å². The minimum atomic E-state index is -0.868. The number of nitriles is 1. The van der Waals surface area contributed by atoms with E-state index in [0.29, 0.717) is 24.5 Å². The molecule has 130 valence electrons. The van der Waals surface area contributed by atoms with Crippen LogP contribution in [0.3, 0.4) is 0 Å². The van der Waals surface area contributed by atoms with E-state index in [-0.39, 0.29) is 5.92 Å². The third kappa shape index (κ3) is 3.00. The lowest BCUT2D eigenvalue weighted by Crippen LogP contribution is -2.36. The summed E-state index contributed by atoms with van der Waals surface area (Å²) in [7, 11) is 0. The summed E-state index contributed by atoms with van der Waals surface area (Å²) in [6.45, 7) is 1.02. The molecule has 1 amide bonds. The Hall–Kier alpha value is -3.33. The molecular formula is C20H17N3O3. The van der Waals surface area contributed by atoms with Crippen molar-refractivity contribution in [3.05, 3.63) is 53.9 Å². The Morgan fingerprint density at radius 3 is 2.50 bits per heavy atom. The van der Waals surface area contributed by atoms with Gasteiger partial charge in [0.15, 0.2) is 11.5 Å². The van der Waals surface area contributed by atoms with Crippen molar-refractivity contribution in [3.63, 3.8) is 0 Å². The highest BCUT2D eigenvalue weighted by Gasteiger charge is 2.26. The number of aromatic nitrogens is 1. The van der Waals surface area contributed by atoms with Crippen LogP contribution < -0.4 is 0 Å². The van der Waals surface area contributed by atoms with Gasteiger partial charge in [0.25, 0.3) is 0 Å². The van der Waals surface area contributed by atoms with Gasteiger partial charge in [-0.3, -0.25) is 0 Å². The van der Waals surface area contributed by atoms with Crippen molar-refractivity contribution in [2.75, 3.05) is 13.1 Å². The first kappa shape index (κ1) is 16.2. The quantitative estimate of drug-likeness (QED) is 0.749. The summed E-state index contributed by atoms with van der Waals surface area (Å²) in [5.74, 6) is 0.832. The fraction of sp³-hybridized carbons (Fsp3) is 0.250. The molecule has 0 spiro atoms. The van der Waals surface area contributed by atoms with Gasteiger partial charge < -0.3 is 14.4 Å².